The van der Waals surface area contributed by atoms with Crippen LogP contribution >= 0.6 is 11.3 Å². The summed E-state index contributed by atoms with van der Waals surface area (Å²) in [5.41, 5.74) is 6.52. The van der Waals surface area contributed by atoms with Crippen LogP contribution in [0.2, 0.25) is 0 Å². The highest BCUT2D eigenvalue weighted by Crippen LogP contribution is 2.29. The van der Waals surface area contributed by atoms with Crippen LogP contribution in [-0.4, -0.2) is 28.7 Å². The third kappa shape index (κ3) is 6.10. The van der Waals surface area contributed by atoms with Gasteiger partial charge in [0.25, 0.3) is 5.69 Å². The van der Waals surface area contributed by atoms with Gasteiger partial charge in [-0.3, -0.25) is 15.5 Å². The number of non-ortho nitro benzene ring substituents is 1. The number of nitro groups is 1. The number of thiazole rings is 1. The van der Waals surface area contributed by atoms with E-state index in [-0.39, 0.29) is 5.69 Å². The van der Waals surface area contributed by atoms with Crippen LogP contribution in [0.15, 0.2) is 77.2 Å². The second-order valence-electron chi connectivity index (χ2n) is 7.61. The molecule has 0 saturated carbocycles. The van der Waals surface area contributed by atoms with E-state index < -0.39 is 10.9 Å². The molecule has 4 rings (SSSR count). The molecule has 0 atom stereocenters. The molecule has 0 unspecified atom stereocenters. The van der Waals surface area contributed by atoms with Gasteiger partial charge in [0.15, 0.2) is 11.5 Å². The molecular formula is C26H22N4O5S. The smallest absolute Gasteiger partial charge is 0.343 e. The molecular weight excluding hydrogens is 480 g/mol. The Kier molecular flexibility index (Phi) is 7.66. The number of nitrogens with one attached hydrogen (secondary N) is 1. The van der Waals surface area contributed by atoms with Crippen LogP contribution in [0.25, 0.3) is 11.3 Å². The lowest BCUT2D eigenvalue weighted by atomic mass is 10.1. The van der Waals surface area contributed by atoms with Gasteiger partial charge in [0, 0.05) is 23.1 Å². The zero-order valence-corrected chi connectivity index (χ0v) is 20.3. The molecule has 1 heterocycles. The van der Waals surface area contributed by atoms with Gasteiger partial charge in [-0.15, -0.1) is 11.3 Å². The molecule has 1 aromatic heterocycles. The van der Waals surface area contributed by atoms with Gasteiger partial charge in [-0.2, -0.15) is 5.10 Å². The normalized spacial score (nSPS) is 10.8. The van der Waals surface area contributed by atoms with E-state index in [1.807, 2.05) is 25.3 Å². The van der Waals surface area contributed by atoms with Gasteiger partial charge in [-0.25, -0.2) is 9.78 Å². The van der Waals surface area contributed by atoms with Crippen LogP contribution in [0, 0.1) is 17.0 Å². The first-order valence-electron chi connectivity index (χ1n) is 11.0. The molecule has 182 valence electrons. The number of rotatable bonds is 9. The summed E-state index contributed by atoms with van der Waals surface area (Å²) in [5.74, 6) is 0.286. The number of nitro benzene ring substituents is 1. The van der Waals surface area contributed by atoms with Gasteiger partial charge in [-0.05, 0) is 61.9 Å². The predicted octanol–water partition coefficient (Wildman–Crippen LogP) is 6.09. The largest absolute Gasteiger partial charge is 0.490 e. The van der Waals surface area contributed by atoms with Crippen molar-refractivity contribution in [2.45, 2.75) is 13.8 Å². The van der Waals surface area contributed by atoms with Crippen LogP contribution < -0.4 is 14.9 Å². The lowest BCUT2D eigenvalue weighted by Crippen LogP contribution is -2.10. The molecule has 0 spiro atoms. The number of aryl methyl sites for hydroxylation is 1. The van der Waals surface area contributed by atoms with Crippen molar-refractivity contribution < 1.29 is 19.2 Å². The summed E-state index contributed by atoms with van der Waals surface area (Å²) < 4.78 is 11.2. The van der Waals surface area contributed by atoms with Crippen molar-refractivity contribution in [3.05, 3.63) is 98.9 Å². The number of hydrogen-bond donors (Lipinski definition) is 1. The second-order valence-corrected chi connectivity index (χ2v) is 8.47. The lowest BCUT2D eigenvalue weighted by molar-refractivity contribution is -0.384. The third-order valence-corrected chi connectivity index (χ3v) is 5.72. The predicted molar refractivity (Wildman–Crippen MR) is 139 cm³/mol. The van der Waals surface area contributed by atoms with Gasteiger partial charge in [0.05, 0.1) is 29.0 Å². The maximum Gasteiger partial charge on any atom is 0.343 e. The van der Waals surface area contributed by atoms with E-state index in [0.29, 0.717) is 34.5 Å². The summed E-state index contributed by atoms with van der Waals surface area (Å²) >= 11 is 1.36. The van der Waals surface area contributed by atoms with E-state index in [4.69, 9.17) is 9.47 Å². The van der Waals surface area contributed by atoms with E-state index in [9.17, 15) is 14.9 Å². The van der Waals surface area contributed by atoms with Gasteiger partial charge in [-0.1, -0.05) is 17.7 Å². The highest BCUT2D eigenvalue weighted by Gasteiger charge is 2.13. The average Bonchev–Trinajstić information content (AvgIpc) is 3.34. The van der Waals surface area contributed by atoms with Crippen molar-refractivity contribution in [1.82, 2.24) is 4.98 Å². The number of carbonyl (C=O) groups is 1. The van der Waals surface area contributed by atoms with E-state index in [1.54, 1.807) is 54.7 Å². The van der Waals surface area contributed by atoms with Crippen molar-refractivity contribution in [2.24, 2.45) is 5.10 Å². The number of carbonyl (C=O) groups excluding carboxylic acids is 1. The first kappa shape index (κ1) is 24.6. The first-order valence-corrected chi connectivity index (χ1v) is 11.9. The van der Waals surface area contributed by atoms with E-state index in [2.05, 4.69) is 15.5 Å². The summed E-state index contributed by atoms with van der Waals surface area (Å²) in [4.78, 5) is 27.4. The summed E-state index contributed by atoms with van der Waals surface area (Å²) in [6.07, 6.45) is 1.60. The summed E-state index contributed by atoms with van der Waals surface area (Å²) in [7, 11) is 0. The minimum atomic E-state index is -0.463. The quantitative estimate of drug-likeness (QED) is 0.0968. The average molecular weight is 503 g/mol. The van der Waals surface area contributed by atoms with Crippen molar-refractivity contribution in [2.75, 3.05) is 12.0 Å². The molecule has 9 nitrogen and oxygen atoms in total. The highest BCUT2D eigenvalue weighted by molar-refractivity contribution is 7.14. The van der Waals surface area contributed by atoms with Gasteiger partial charge in [0.1, 0.15) is 0 Å². The van der Waals surface area contributed by atoms with Crippen molar-refractivity contribution in [1.29, 1.82) is 0 Å². The topological polar surface area (TPSA) is 116 Å². The monoisotopic (exact) mass is 502 g/mol. The molecule has 3 aromatic carbocycles. The molecule has 0 saturated heterocycles. The maximum absolute atomic E-state index is 12.5. The summed E-state index contributed by atoms with van der Waals surface area (Å²) in [6, 6.07) is 18.5. The molecule has 0 radical (unpaired) electrons. The van der Waals surface area contributed by atoms with E-state index in [0.717, 1.165) is 16.7 Å². The number of nitrogens with zero attached hydrogens (tertiary/aromatic N) is 3. The zero-order chi connectivity index (χ0) is 25.5. The highest BCUT2D eigenvalue weighted by atomic mass is 32.1. The van der Waals surface area contributed by atoms with Crippen molar-refractivity contribution >= 4 is 34.3 Å². The van der Waals surface area contributed by atoms with Crippen molar-refractivity contribution in [3.63, 3.8) is 0 Å². The Balaban J connectivity index is 1.42. The van der Waals surface area contributed by atoms with Crippen LogP contribution in [-0.2, 0) is 0 Å². The Morgan fingerprint density at radius 2 is 1.94 bits per heavy atom. The molecule has 0 aliphatic rings. The first-order chi connectivity index (χ1) is 17.4. The van der Waals surface area contributed by atoms with Crippen LogP contribution in [0.1, 0.15) is 28.4 Å². The van der Waals surface area contributed by atoms with E-state index in [1.165, 1.54) is 23.5 Å². The number of hydrazone groups is 1. The standard InChI is InChI=1S/C26H22N4O5S/c1-3-34-24-14-18(7-12-23(24)35-25(31)20-6-4-5-17(2)13-20)15-27-29-26-28-22(16-36-26)19-8-10-21(11-9-19)30(32)33/h4-16H,3H2,1-2H3,(H,28,29)/b27-15-. The summed E-state index contributed by atoms with van der Waals surface area (Å²) in [6.45, 7) is 4.16. The fraction of sp³-hybridized carbons (Fsp3) is 0.115. The molecule has 0 fully saturated rings. The molecule has 0 amide bonds. The SMILES string of the molecule is CCOc1cc(/C=N\Nc2nc(-c3ccc([N+](=O)[O-])cc3)cs2)ccc1OC(=O)c1cccc(C)c1. The molecule has 4 aromatic rings. The molecule has 36 heavy (non-hydrogen) atoms. The van der Waals surface area contributed by atoms with Gasteiger partial charge in [0.2, 0.25) is 5.13 Å². The maximum atomic E-state index is 12.5. The van der Waals surface area contributed by atoms with E-state index >= 15 is 0 Å². The van der Waals surface area contributed by atoms with Crippen molar-refractivity contribution in [3.8, 4) is 22.8 Å². The minimum absolute atomic E-state index is 0.0271. The second kappa shape index (κ2) is 11.2. The minimum Gasteiger partial charge on any atom is -0.490 e. The number of esters is 1. The van der Waals surface area contributed by atoms with Crippen LogP contribution in [0.3, 0.4) is 0 Å². The number of hydrogen-bond acceptors (Lipinski definition) is 9. The number of benzene rings is 3. The number of aromatic nitrogens is 1. The Bertz CT molecular complexity index is 1420. The number of ether oxygens (including phenoxy) is 2. The lowest BCUT2D eigenvalue weighted by Gasteiger charge is -2.11. The third-order valence-electron chi connectivity index (χ3n) is 4.98. The summed E-state index contributed by atoms with van der Waals surface area (Å²) in [5, 5.41) is 17.4. The van der Waals surface area contributed by atoms with Crippen LogP contribution in [0.5, 0.6) is 11.5 Å². The zero-order valence-electron chi connectivity index (χ0n) is 19.5. The van der Waals surface area contributed by atoms with Gasteiger partial charge >= 0.3 is 5.97 Å². The fourth-order valence-corrected chi connectivity index (χ4v) is 3.93. The van der Waals surface area contributed by atoms with Gasteiger partial charge < -0.3 is 9.47 Å². The fourth-order valence-electron chi connectivity index (χ4n) is 3.26. The molecule has 10 heteroatoms. The Hall–Kier alpha value is -4.57. The molecule has 1 N–H and O–H groups in total. The Morgan fingerprint density at radius 3 is 2.67 bits per heavy atom. The number of anilines is 1. The Morgan fingerprint density at radius 1 is 1.14 bits per heavy atom. The van der Waals surface area contributed by atoms with Crippen LogP contribution in [0.4, 0.5) is 10.8 Å². The molecule has 0 aliphatic heterocycles. The molecule has 0 aliphatic carbocycles. The Labute approximate surface area is 211 Å². The molecule has 0 bridgehead atoms.